The zero-order valence-corrected chi connectivity index (χ0v) is 15.2. The number of hydrogen-bond acceptors (Lipinski definition) is 5. The van der Waals surface area contributed by atoms with E-state index in [1.807, 2.05) is 56.1 Å². The van der Waals surface area contributed by atoms with E-state index in [1.165, 1.54) is 0 Å². The van der Waals surface area contributed by atoms with Gasteiger partial charge in [-0.3, -0.25) is 4.98 Å². The molecule has 0 saturated carbocycles. The number of aromatic nitrogens is 2. The minimum absolute atomic E-state index is 0.208. The summed E-state index contributed by atoms with van der Waals surface area (Å²) < 4.78 is 5.44. The Bertz CT molecular complexity index is 730. The standard InChI is InChI=1S/C18H23N3O2S/c1-18(2,3)23-17(22)21-9-8-13(11-21)12-24-16-10-19-14-6-4-5-7-15(14)20-16/h4-7,10,13H,8-9,11-12H2,1-3H3/t13-/m1/s1. The molecule has 2 heterocycles. The molecule has 1 aromatic heterocycles. The van der Waals surface area contributed by atoms with Gasteiger partial charge in [-0.1, -0.05) is 12.1 Å². The fraction of sp³-hybridized carbons (Fsp3) is 0.500. The van der Waals surface area contributed by atoms with E-state index in [4.69, 9.17) is 4.74 Å². The SMILES string of the molecule is CC(C)(C)OC(=O)N1CC[C@@H](CSc2cnc3ccccc3n2)C1. The molecule has 1 aliphatic heterocycles. The molecule has 2 aromatic rings. The topological polar surface area (TPSA) is 55.3 Å². The van der Waals surface area contributed by atoms with E-state index in [0.29, 0.717) is 5.92 Å². The Labute approximate surface area is 146 Å². The number of hydrogen-bond donors (Lipinski definition) is 0. The van der Waals surface area contributed by atoms with Crippen LogP contribution in [-0.2, 0) is 4.74 Å². The highest BCUT2D eigenvalue weighted by Crippen LogP contribution is 2.26. The lowest BCUT2D eigenvalue weighted by Gasteiger charge is -2.24. The fourth-order valence-corrected chi connectivity index (χ4v) is 3.64. The molecule has 5 nitrogen and oxygen atoms in total. The van der Waals surface area contributed by atoms with Crippen LogP contribution in [0.4, 0.5) is 4.79 Å². The lowest BCUT2D eigenvalue weighted by molar-refractivity contribution is 0.0289. The number of likely N-dealkylation sites (tertiary alicyclic amines) is 1. The number of rotatable bonds is 3. The Morgan fingerprint density at radius 3 is 2.83 bits per heavy atom. The summed E-state index contributed by atoms with van der Waals surface area (Å²) in [5.41, 5.74) is 1.40. The van der Waals surface area contributed by atoms with Crippen LogP contribution in [-0.4, -0.2) is 45.4 Å². The first-order chi connectivity index (χ1) is 11.4. The van der Waals surface area contributed by atoms with E-state index in [9.17, 15) is 4.79 Å². The molecule has 3 rings (SSSR count). The molecular formula is C18H23N3O2S. The summed E-state index contributed by atoms with van der Waals surface area (Å²) in [5, 5.41) is 0.935. The number of fused-ring (bicyclic) bond motifs is 1. The number of ether oxygens (including phenoxy) is 1. The molecule has 1 aliphatic rings. The quantitative estimate of drug-likeness (QED) is 0.788. The number of benzene rings is 1. The molecule has 0 unspecified atom stereocenters. The van der Waals surface area contributed by atoms with Crippen molar-refractivity contribution in [2.24, 2.45) is 5.92 Å². The summed E-state index contributed by atoms with van der Waals surface area (Å²) >= 11 is 1.71. The molecule has 1 atom stereocenters. The predicted molar refractivity (Wildman–Crippen MR) is 96.2 cm³/mol. The summed E-state index contributed by atoms with van der Waals surface area (Å²) in [6.07, 6.45) is 2.63. The number of para-hydroxylation sites is 2. The predicted octanol–water partition coefficient (Wildman–Crippen LogP) is 3.98. The molecule has 1 amide bonds. The molecule has 0 aliphatic carbocycles. The van der Waals surface area contributed by atoms with Crippen LogP contribution >= 0.6 is 11.8 Å². The average molecular weight is 345 g/mol. The summed E-state index contributed by atoms with van der Waals surface area (Å²) in [7, 11) is 0. The minimum Gasteiger partial charge on any atom is -0.444 e. The van der Waals surface area contributed by atoms with Crippen LogP contribution in [0, 0.1) is 5.92 Å². The second-order valence-corrected chi connectivity index (χ2v) is 8.13. The molecule has 0 bridgehead atoms. The first-order valence-corrected chi connectivity index (χ1v) is 9.22. The monoisotopic (exact) mass is 345 g/mol. The average Bonchev–Trinajstić information content (AvgIpc) is 3.00. The van der Waals surface area contributed by atoms with Crippen molar-refractivity contribution in [1.29, 1.82) is 0 Å². The van der Waals surface area contributed by atoms with E-state index in [0.717, 1.165) is 41.3 Å². The van der Waals surface area contributed by atoms with Crippen molar-refractivity contribution in [3.05, 3.63) is 30.5 Å². The molecule has 1 fully saturated rings. The van der Waals surface area contributed by atoms with E-state index in [2.05, 4.69) is 9.97 Å². The van der Waals surface area contributed by atoms with Gasteiger partial charge in [-0.15, -0.1) is 11.8 Å². The van der Waals surface area contributed by atoms with Crippen LogP contribution in [0.2, 0.25) is 0 Å². The highest BCUT2D eigenvalue weighted by Gasteiger charge is 2.29. The van der Waals surface area contributed by atoms with Gasteiger partial charge in [0.15, 0.2) is 0 Å². The largest absolute Gasteiger partial charge is 0.444 e. The second-order valence-electron chi connectivity index (χ2n) is 7.09. The number of carbonyl (C=O) groups is 1. The number of nitrogens with zero attached hydrogens (tertiary/aromatic N) is 3. The van der Waals surface area contributed by atoms with Gasteiger partial charge in [0.2, 0.25) is 0 Å². The Kier molecular flexibility index (Phi) is 4.94. The normalized spacial score (nSPS) is 18.1. The molecule has 1 aromatic carbocycles. The zero-order valence-electron chi connectivity index (χ0n) is 14.4. The Morgan fingerprint density at radius 1 is 1.33 bits per heavy atom. The third-order valence-corrected chi connectivity index (χ3v) is 4.96. The summed E-state index contributed by atoms with van der Waals surface area (Å²) in [4.78, 5) is 23.0. The highest BCUT2D eigenvalue weighted by molar-refractivity contribution is 7.99. The van der Waals surface area contributed by atoms with Crippen molar-refractivity contribution >= 4 is 28.9 Å². The van der Waals surface area contributed by atoms with Crippen molar-refractivity contribution in [2.75, 3.05) is 18.8 Å². The molecule has 0 radical (unpaired) electrons. The van der Waals surface area contributed by atoms with Crippen LogP contribution in [0.3, 0.4) is 0 Å². The molecule has 0 N–H and O–H groups in total. The minimum atomic E-state index is -0.440. The van der Waals surface area contributed by atoms with Gasteiger partial charge in [0.05, 0.1) is 17.2 Å². The molecule has 1 saturated heterocycles. The van der Waals surface area contributed by atoms with Crippen molar-refractivity contribution in [3.8, 4) is 0 Å². The van der Waals surface area contributed by atoms with Crippen molar-refractivity contribution in [2.45, 2.75) is 37.8 Å². The Hall–Kier alpha value is -1.82. The van der Waals surface area contributed by atoms with Gasteiger partial charge in [0.25, 0.3) is 0 Å². The summed E-state index contributed by atoms with van der Waals surface area (Å²) in [5.74, 6) is 1.41. The van der Waals surface area contributed by atoms with Crippen molar-refractivity contribution in [3.63, 3.8) is 0 Å². The van der Waals surface area contributed by atoms with Gasteiger partial charge in [-0.2, -0.15) is 0 Å². The van der Waals surface area contributed by atoms with Crippen LogP contribution in [0.15, 0.2) is 35.5 Å². The molecular weight excluding hydrogens is 322 g/mol. The van der Waals surface area contributed by atoms with Gasteiger partial charge < -0.3 is 9.64 Å². The van der Waals surface area contributed by atoms with Gasteiger partial charge in [-0.25, -0.2) is 9.78 Å². The van der Waals surface area contributed by atoms with Gasteiger partial charge in [-0.05, 0) is 45.2 Å². The van der Waals surface area contributed by atoms with Crippen molar-refractivity contribution in [1.82, 2.24) is 14.9 Å². The summed E-state index contributed by atoms with van der Waals surface area (Å²) in [6, 6.07) is 7.88. The first-order valence-electron chi connectivity index (χ1n) is 8.23. The van der Waals surface area contributed by atoms with E-state index in [-0.39, 0.29) is 6.09 Å². The maximum Gasteiger partial charge on any atom is 0.410 e. The Balaban J connectivity index is 1.53. The zero-order chi connectivity index (χ0) is 17.2. The second kappa shape index (κ2) is 6.97. The van der Waals surface area contributed by atoms with E-state index < -0.39 is 5.60 Å². The third kappa shape index (κ3) is 4.38. The van der Waals surface area contributed by atoms with E-state index in [1.54, 1.807) is 11.8 Å². The lowest BCUT2D eigenvalue weighted by Crippen LogP contribution is -2.35. The maximum atomic E-state index is 12.1. The molecule has 128 valence electrons. The summed E-state index contributed by atoms with van der Waals surface area (Å²) in [6.45, 7) is 7.21. The molecule has 24 heavy (non-hydrogen) atoms. The Morgan fingerprint density at radius 2 is 2.08 bits per heavy atom. The van der Waals surface area contributed by atoms with Crippen LogP contribution in [0.5, 0.6) is 0 Å². The number of carbonyl (C=O) groups excluding carboxylic acids is 1. The lowest BCUT2D eigenvalue weighted by atomic mass is 10.2. The number of thioether (sulfide) groups is 1. The number of amides is 1. The first kappa shape index (κ1) is 17.0. The highest BCUT2D eigenvalue weighted by atomic mass is 32.2. The van der Waals surface area contributed by atoms with Crippen LogP contribution in [0.1, 0.15) is 27.2 Å². The van der Waals surface area contributed by atoms with Crippen LogP contribution in [0.25, 0.3) is 11.0 Å². The van der Waals surface area contributed by atoms with Gasteiger partial charge >= 0.3 is 6.09 Å². The van der Waals surface area contributed by atoms with E-state index >= 15 is 0 Å². The smallest absolute Gasteiger partial charge is 0.410 e. The van der Waals surface area contributed by atoms with Gasteiger partial charge in [0.1, 0.15) is 10.6 Å². The fourth-order valence-electron chi connectivity index (χ4n) is 2.67. The molecule has 0 spiro atoms. The van der Waals surface area contributed by atoms with Gasteiger partial charge in [0, 0.05) is 18.8 Å². The molecule has 6 heteroatoms. The van der Waals surface area contributed by atoms with Crippen LogP contribution < -0.4 is 0 Å². The maximum absolute atomic E-state index is 12.1. The third-order valence-electron chi connectivity index (χ3n) is 3.83. The van der Waals surface area contributed by atoms with Crippen molar-refractivity contribution < 1.29 is 9.53 Å².